The molecule has 1 unspecified atom stereocenters. The highest BCUT2D eigenvalue weighted by Crippen LogP contribution is 2.31. The van der Waals surface area contributed by atoms with Crippen molar-refractivity contribution in [3.63, 3.8) is 0 Å². The number of aryl methyl sites for hydroxylation is 1. The Bertz CT molecular complexity index is 438. The van der Waals surface area contributed by atoms with Crippen LogP contribution in [-0.2, 0) is 11.3 Å². The van der Waals surface area contributed by atoms with Crippen LogP contribution in [0.5, 0.6) is 0 Å². The zero-order valence-corrected chi connectivity index (χ0v) is 11.1. The van der Waals surface area contributed by atoms with E-state index in [1.165, 1.54) is 6.39 Å². The van der Waals surface area contributed by atoms with Gasteiger partial charge in [0.25, 0.3) is 0 Å². The number of oxazole rings is 1. The van der Waals surface area contributed by atoms with Crippen molar-refractivity contribution in [3.8, 4) is 0 Å². The molecule has 1 aromatic heterocycles. The Labute approximate surface area is 111 Å². The normalized spacial score (nSPS) is 20.1. The van der Waals surface area contributed by atoms with Gasteiger partial charge in [0.05, 0.1) is 17.8 Å². The molecule has 2 rings (SSSR count). The number of hydrogen-bond donors (Lipinski definition) is 3. The molecule has 1 aromatic rings. The van der Waals surface area contributed by atoms with Gasteiger partial charge in [0, 0.05) is 0 Å². The number of carboxylic acid groups (broad SMARTS) is 1. The van der Waals surface area contributed by atoms with Crippen molar-refractivity contribution in [3.05, 3.63) is 17.8 Å². The lowest BCUT2D eigenvalue weighted by molar-refractivity contribution is -0.149. The van der Waals surface area contributed by atoms with Gasteiger partial charge in [0.1, 0.15) is 11.8 Å². The molecule has 0 bridgehead atoms. The fraction of sp³-hybridized carbons (Fsp3) is 0.692. The molecule has 0 radical (unpaired) electrons. The van der Waals surface area contributed by atoms with Crippen molar-refractivity contribution >= 4 is 5.97 Å². The molecule has 1 aliphatic rings. The summed E-state index contributed by atoms with van der Waals surface area (Å²) in [5, 5.41) is 22.7. The summed E-state index contributed by atoms with van der Waals surface area (Å²) in [6, 6.07) is -0.975. The average Bonchev–Trinajstić information content (AvgIpc) is 2.75. The standard InChI is InChI=1S/C13H20N2O4/c1-9-10(19-8-15-9)7-14-11(12(16)17)13(18)5-3-2-4-6-13/h8,11,14,18H,2-7H2,1H3,(H,16,17). The Morgan fingerprint density at radius 1 is 1.53 bits per heavy atom. The van der Waals surface area contributed by atoms with Gasteiger partial charge in [-0.15, -0.1) is 0 Å². The van der Waals surface area contributed by atoms with Crippen LogP contribution in [0.4, 0.5) is 0 Å². The van der Waals surface area contributed by atoms with Gasteiger partial charge in [-0.25, -0.2) is 4.98 Å². The first-order chi connectivity index (χ1) is 9.03. The minimum atomic E-state index is -1.17. The third-order valence-electron chi connectivity index (χ3n) is 3.82. The van der Waals surface area contributed by atoms with Gasteiger partial charge in [-0.1, -0.05) is 19.3 Å². The minimum Gasteiger partial charge on any atom is -0.480 e. The molecule has 6 nitrogen and oxygen atoms in total. The second kappa shape index (κ2) is 5.71. The highest BCUT2D eigenvalue weighted by Gasteiger charge is 2.42. The topological polar surface area (TPSA) is 95.6 Å². The third kappa shape index (κ3) is 3.13. The molecular weight excluding hydrogens is 248 g/mol. The van der Waals surface area contributed by atoms with Crippen LogP contribution in [0.25, 0.3) is 0 Å². The Balaban J connectivity index is 2.04. The van der Waals surface area contributed by atoms with Gasteiger partial charge >= 0.3 is 5.97 Å². The Hall–Kier alpha value is -1.40. The van der Waals surface area contributed by atoms with Crippen molar-refractivity contribution in [2.75, 3.05) is 0 Å². The Morgan fingerprint density at radius 2 is 2.21 bits per heavy atom. The van der Waals surface area contributed by atoms with Crippen LogP contribution in [0.1, 0.15) is 43.6 Å². The third-order valence-corrected chi connectivity index (χ3v) is 3.82. The fourth-order valence-corrected chi connectivity index (χ4v) is 2.65. The van der Waals surface area contributed by atoms with Gasteiger partial charge in [-0.3, -0.25) is 10.1 Å². The van der Waals surface area contributed by atoms with Crippen LogP contribution in [-0.4, -0.2) is 32.8 Å². The van der Waals surface area contributed by atoms with Gasteiger partial charge in [-0.2, -0.15) is 0 Å². The minimum absolute atomic E-state index is 0.255. The van der Waals surface area contributed by atoms with Crippen molar-refractivity contribution in [1.29, 1.82) is 0 Å². The van der Waals surface area contributed by atoms with E-state index in [2.05, 4.69) is 10.3 Å². The Morgan fingerprint density at radius 3 is 2.74 bits per heavy atom. The highest BCUT2D eigenvalue weighted by molar-refractivity contribution is 5.75. The van der Waals surface area contributed by atoms with Crippen LogP contribution in [0.15, 0.2) is 10.8 Å². The second-order valence-electron chi connectivity index (χ2n) is 5.18. The molecule has 6 heteroatoms. The quantitative estimate of drug-likeness (QED) is 0.743. The lowest BCUT2D eigenvalue weighted by Crippen LogP contribution is -2.56. The summed E-state index contributed by atoms with van der Waals surface area (Å²) >= 11 is 0. The van der Waals surface area contributed by atoms with Crippen LogP contribution in [0.2, 0.25) is 0 Å². The molecular formula is C13H20N2O4. The average molecular weight is 268 g/mol. The number of carboxylic acids is 1. The van der Waals surface area contributed by atoms with Crippen molar-refractivity contribution in [2.45, 2.75) is 57.2 Å². The number of aromatic nitrogens is 1. The molecule has 1 atom stereocenters. The number of carbonyl (C=O) groups is 1. The molecule has 0 spiro atoms. The fourth-order valence-electron chi connectivity index (χ4n) is 2.65. The lowest BCUT2D eigenvalue weighted by Gasteiger charge is -2.37. The number of aliphatic carboxylic acids is 1. The molecule has 19 heavy (non-hydrogen) atoms. The molecule has 0 aliphatic heterocycles. The van der Waals surface area contributed by atoms with Crippen LogP contribution in [0, 0.1) is 6.92 Å². The zero-order chi connectivity index (χ0) is 13.9. The van der Waals surface area contributed by atoms with E-state index in [4.69, 9.17) is 4.42 Å². The zero-order valence-electron chi connectivity index (χ0n) is 11.1. The summed E-state index contributed by atoms with van der Waals surface area (Å²) in [5.41, 5.74) is -0.440. The molecule has 106 valence electrons. The lowest BCUT2D eigenvalue weighted by atomic mass is 9.79. The summed E-state index contributed by atoms with van der Waals surface area (Å²) in [6.45, 7) is 2.05. The first-order valence-corrected chi connectivity index (χ1v) is 6.60. The summed E-state index contributed by atoms with van der Waals surface area (Å²) in [4.78, 5) is 15.3. The number of nitrogens with zero attached hydrogens (tertiary/aromatic N) is 1. The van der Waals surface area contributed by atoms with Gasteiger partial charge < -0.3 is 14.6 Å². The van der Waals surface area contributed by atoms with Gasteiger partial charge in [-0.05, 0) is 19.8 Å². The van der Waals surface area contributed by atoms with E-state index in [1.807, 2.05) is 0 Å². The summed E-state index contributed by atoms with van der Waals surface area (Å²) in [6.07, 6.45) is 5.15. The predicted molar refractivity (Wildman–Crippen MR) is 67.5 cm³/mol. The summed E-state index contributed by atoms with van der Waals surface area (Å²) < 4.78 is 5.17. The van der Waals surface area contributed by atoms with Crippen molar-refractivity contribution in [2.24, 2.45) is 0 Å². The number of hydrogen-bond acceptors (Lipinski definition) is 5. The van der Waals surface area contributed by atoms with Crippen molar-refractivity contribution in [1.82, 2.24) is 10.3 Å². The molecule has 0 amide bonds. The van der Waals surface area contributed by atoms with Crippen LogP contribution >= 0.6 is 0 Å². The van der Waals surface area contributed by atoms with E-state index in [0.29, 0.717) is 18.6 Å². The smallest absolute Gasteiger partial charge is 0.323 e. The molecule has 1 heterocycles. The van der Waals surface area contributed by atoms with E-state index < -0.39 is 17.6 Å². The molecule has 1 aliphatic carbocycles. The maximum Gasteiger partial charge on any atom is 0.323 e. The van der Waals surface area contributed by atoms with Crippen LogP contribution < -0.4 is 5.32 Å². The van der Waals surface area contributed by atoms with Crippen molar-refractivity contribution < 1.29 is 19.4 Å². The van der Waals surface area contributed by atoms with E-state index in [9.17, 15) is 15.0 Å². The van der Waals surface area contributed by atoms with Gasteiger partial charge in [0.2, 0.25) is 0 Å². The molecule has 0 aromatic carbocycles. The summed E-state index contributed by atoms with van der Waals surface area (Å²) in [5.74, 6) is -0.424. The van der Waals surface area contributed by atoms with E-state index >= 15 is 0 Å². The number of aliphatic hydroxyl groups is 1. The Kier molecular flexibility index (Phi) is 4.21. The summed E-state index contributed by atoms with van der Waals surface area (Å²) in [7, 11) is 0. The molecule has 1 saturated carbocycles. The molecule has 0 saturated heterocycles. The number of rotatable bonds is 5. The monoisotopic (exact) mass is 268 g/mol. The maximum atomic E-state index is 11.4. The predicted octanol–water partition coefficient (Wildman–Crippen LogP) is 1.22. The second-order valence-corrected chi connectivity index (χ2v) is 5.18. The maximum absolute atomic E-state index is 11.4. The van der Waals surface area contributed by atoms with Crippen LogP contribution in [0.3, 0.4) is 0 Å². The molecule has 1 fully saturated rings. The number of nitrogens with one attached hydrogen (secondary N) is 1. The SMILES string of the molecule is Cc1ncoc1CNC(C(=O)O)C1(O)CCCCC1. The highest BCUT2D eigenvalue weighted by atomic mass is 16.4. The van der Waals surface area contributed by atoms with Gasteiger partial charge in [0.15, 0.2) is 6.39 Å². The van der Waals surface area contributed by atoms with E-state index in [0.717, 1.165) is 25.0 Å². The van der Waals surface area contributed by atoms with E-state index in [-0.39, 0.29) is 6.54 Å². The first-order valence-electron chi connectivity index (χ1n) is 6.60. The first kappa shape index (κ1) is 14.0. The van der Waals surface area contributed by atoms with E-state index in [1.54, 1.807) is 6.92 Å². The largest absolute Gasteiger partial charge is 0.480 e. The molecule has 3 N–H and O–H groups in total.